The Labute approximate surface area is 178 Å². The lowest BCUT2D eigenvalue weighted by atomic mass is 9.52. The highest BCUT2D eigenvalue weighted by Gasteiger charge is 2.48. The zero-order valence-corrected chi connectivity index (χ0v) is 17.7. The molecule has 1 aromatic rings. The van der Waals surface area contributed by atoms with Crippen molar-refractivity contribution in [3.05, 3.63) is 34.9 Å². The first-order valence-corrected chi connectivity index (χ1v) is 11.7. The summed E-state index contributed by atoms with van der Waals surface area (Å²) in [5.74, 6) is 4.49. The van der Waals surface area contributed by atoms with Crippen LogP contribution in [0.5, 0.6) is 0 Å². The van der Waals surface area contributed by atoms with E-state index in [-0.39, 0.29) is 17.7 Å². The molecule has 6 rings (SSSR count). The number of nitrogens with one attached hydrogen (secondary N) is 1. The van der Waals surface area contributed by atoms with Crippen molar-refractivity contribution in [3.8, 4) is 0 Å². The van der Waals surface area contributed by atoms with Crippen LogP contribution >= 0.6 is 11.6 Å². The minimum absolute atomic E-state index is 0.0863. The van der Waals surface area contributed by atoms with Gasteiger partial charge in [-0.2, -0.15) is 0 Å². The normalized spacial score (nSPS) is 35.8. The number of nitrogens with zero attached hydrogens (tertiary/aromatic N) is 1. The van der Waals surface area contributed by atoms with Gasteiger partial charge < -0.3 is 10.2 Å². The summed E-state index contributed by atoms with van der Waals surface area (Å²) in [4.78, 5) is 27.1. The first-order valence-electron chi connectivity index (χ1n) is 11.3. The van der Waals surface area contributed by atoms with Crippen LogP contribution in [0.2, 0.25) is 5.02 Å². The number of benzene rings is 1. The smallest absolute Gasteiger partial charge is 0.224 e. The molecule has 4 saturated carbocycles. The molecule has 4 aliphatic carbocycles. The van der Waals surface area contributed by atoms with Gasteiger partial charge in [0.25, 0.3) is 0 Å². The number of amides is 2. The van der Waals surface area contributed by atoms with Gasteiger partial charge in [0.05, 0.1) is 5.92 Å². The Bertz CT molecular complexity index is 750. The molecular weight excluding hydrogens is 384 g/mol. The molecule has 156 valence electrons. The van der Waals surface area contributed by atoms with E-state index in [9.17, 15) is 9.59 Å². The van der Waals surface area contributed by atoms with E-state index in [0.717, 1.165) is 35.8 Å². The van der Waals surface area contributed by atoms with E-state index in [1.54, 1.807) is 0 Å². The highest BCUT2D eigenvalue weighted by Crippen LogP contribution is 2.56. The fourth-order valence-corrected chi connectivity index (χ4v) is 6.95. The molecule has 1 aliphatic heterocycles. The van der Waals surface area contributed by atoms with Crippen molar-refractivity contribution < 1.29 is 9.59 Å². The van der Waals surface area contributed by atoms with Gasteiger partial charge >= 0.3 is 0 Å². The van der Waals surface area contributed by atoms with Crippen molar-refractivity contribution in [2.75, 3.05) is 13.1 Å². The first kappa shape index (κ1) is 19.4. The zero-order valence-electron chi connectivity index (χ0n) is 17.0. The maximum atomic E-state index is 12.9. The maximum Gasteiger partial charge on any atom is 0.224 e. The molecule has 5 aliphatic rings. The van der Waals surface area contributed by atoms with E-state index in [1.165, 1.54) is 32.1 Å². The maximum absolute atomic E-state index is 12.9. The summed E-state index contributed by atoms with van der Waals surface area (Å²) in [6, 6.07) is 7.60. The van der Waals surface area contributed by atoms with E-state index in [1.807, 2.05) is 29.2 Å². The Kier molecular flexibility index (Phi) is 5.32. The second-order valence-corrected chi connectivity index (χ2v) is 10.4. The third-order valence-electron chi connectivity index (χ3n) is 8.09. The van der Waals surface area contributed by atoms with Gasteiger partial charge in [-0.1, -0.05) is 23.7 Å². The van der Waals surface area contributed by atoms with Crippen LogP contribution in [-0.2, 0) is 16.1 Å². The van der Waals surface area contributed by atoms with Crippen LogP contribution in [0.3, 0.4) is 0 Å². The van der Waals surface area contributed by atoms with Gasteiger partial charge in [0.15, 0.2) is 0 Å². The molecule has 1 aromatic carbocycles. The minimum atomic E-state index is -0.0863. The number of piperidine rings is 1. The van der Waals surface area contributed by atoms with Gasteiger partial charge in [-0.25, -0.2) is 0 Å². The fourth-order valence-electron chi connectivity index (χ4n) is 6.83. The minimum Gasteiger partial charge on any atom is -0.356 e. The van der Waals surface area contributed by atoms with Crippen LogP contribution in [0.25, 0.3) is 0 Å². The van der Waals surface area contributed by atoms with Crippen molar-refractivity contribution in [2.45, 2.75) is 51.5 Å². The molecule has 0 unspecified atom stereocenters. The standard InChI is InChI=1S/C24H31ClN2O2/c25-21-4-1-15(2-5-21)13-27-14-18(3-6-23(27)28)24(29)26-12-22-19-8-16-7-17(10-19)11-20(22)9-16/h1-2,4-5,16-20,22H,3,6-14H2,(H,26,29)/t16?,17?,18-,19?,20?,22?/m1/s1. The van der Waals surface area contributed by atoms with Crippen molar-refractivity contribution in [1.29, 1.82) is 0 Å². The van der Waals surface area contributed by atoms with E-state index in [2.05, 4.69) is 5.32 Å². The molecule has 4 bridgehead atoms. The summed E-state index contributed by atoms with van der Waals surface area (Å²) >= 11 is 5.96. The SMILES string of the molecule is O=C(NCC1C2CC3CC(C2)CC1C3)[C@@H]1CCC(=O)N(Cc2ccc(Cl)cc2)C1. The molecule has 5 fully saturated rings. The Morgan fingerprint density at radius 1 is 1.03 bits per heavy atom. The highest BCUT2D eigenvalue weighted by atomic mass is 35.5. The summed E-state index contributed by atoms with van der Waals surface area (Å²) in [6.45, 7) is 1.92. The van der Waals surface area contributed by atoms with Crippen LogP contribution < -0.4 is 5.32 Å². The molecule has 2 amide bonds. The number of halogens is 1. The number of carbonyl (C=O) groups excluding carboxylic acids is 2. The second kappa shape index (κ2) is 7.94. The lowest BCUT2D eigenvalue weighted by Gasteiger charge is -2.54. The summed E-state index contributed by atoms with van der Waals surface area (Å²) < 4.78 is 0. The van der Waals surface area contributed by atoms with Crippen molar-refractivity contribution in [1.82, 2.24) is 10.2 Å². The molecule has 1 atom stereocenters. The van der Waals surface area contributed by atoms with Crippen LogP contribution in [-0.4, -0.2) is 29.8 Å². The molecule has 5 heteroatoms. The zero-order chi connectivity index (χ0) is 20.0. The van der Waals surface area contributed by atoms with Crippen molar-refractivity contribution in [2.24, 2.45) is 35.5 Å². The molecular formula is C24H31ClN2O2. The van der Waals surface area contributed by atoms with Gasteiger partial charge in [-0.3, -0.25) is 9.59 Å². The Morgan fingerprint density at radius 2 is 1.69 bits per heavy atom. The highest BCUT2D eigenvalue weighted by molar-refractivity contribution is 6.30. The molecule has 4 nitrogen and oxygen atoms in total. The molecule has 29 heavy (non-hydrogen) atoms. The Balaban J connectivity index is 1.16. The quantitative estimate of drug-likeness (QED) is 0.782. The summed E-state index contributed by atoms with van der Waals surface area (Å²) in [5, 5.41) is 3.99. The topological polar surface area (TPSA) is 49.4 Å². The van der Waals surface area contributed by atoms with E-state index >= 15 is 0 Å². The van der Waals surface area contributed by atoms with Crippen LogP contribution in [0.15, 0.2) is 24.3 Å². The van der Waals surface area contributed by atoms with Crippen molar-refractivity contribution in [3.63, 3.8) is 0 Å². The average Bonchev–Trinajstić information content (AvgIpc) is 2.70. The number of rotatable bonds is 5. The number of carbonyl (C=O) groups is 2. The van der Waals surface area contributed by atoms with Gasteiger partial charge in [-0.05, 0) is 85.8 Å². The third-order valence-corrected chi connectivity index (χ3v) is 8.34. The predicted molar refractivity (Wildman–Crippen MR) is 113 cm³/mol. The van der Waals surface area contributed by atoms with Gasteiger partial charge in [0.2, 0.25) is 11.8 Å². The van der Waals surface area contributed by atoms with Crippen LogP contribution in [0, 0.1) is 35.5 Å². The lowest BCUT2D eigenvalue weighted by Crippen LogP contribution is -2.51. The predicted octanol–water partition coefficient (Wildman–Crippen LogP) is 4.27. The summed E-state index contributed by atoms with van der Waals surface area (Å²) in [7, 11) is 0. The molecule has 1 saturated heterocycles. The molecule has 0 radical (unpaired) electrons. The largest absolute Gasteiger partial charge is 0.356 e. The molecule has 1 heterocycles. The Hall–Kier alpha value is -1.55. The number of hydrogen-bond acceptors (Lipinski definition) is 2. The monoisotopic (exact) mass is 414 g/mol. The first-order chi connectivity index (χ1) is 14.0. The molecule has 1 N–H and O–H groups in total. The summed E-state index contributed by atoms with van der Waals surface area (Å²) in [6.07, 6.45) is 8.15. The molecule has 0 aromatic heterocycles. The van der Waals surface area contributed by atoms with Crippen LogP contribution in [0.1, 0.15) is 50.5 Å². The van der Waals surface area contributed by atoms with Gasteiger partial charge in [0, 0.05) is 31.1 Å². The van der Waals surface area contributed by atoms with Gasteiger partial charge in [0.1, 0.15) is 0 Å². The average molecular weight is 415 g/mol. The van der Waals surface area contributed by atoms with E-state index < -0.39 is 0 Å². The summed E-state index contributed by atoms with van der Waals surface area (Å²) in [5.41, 5.74) is 1.05. The number of hydrogen-bond donors (Lipinski definition) is 1. The van der Waals surface area contributed by atoms with E-state index in [4.69, 9.17) is 11.6 Å². The van der Waals surface area contributed by atoms with Crippen molar-refractivity contribution >= 4 is 23.4 Å². The van der Waals surface area contributed by atoms with E-state index in [0.29, 0.717) is 36.9 Å². The lowest BCUT2D eigenvalue weighted by molar-refractivity contribution is -0.139. The fraction of sp³-hybridized carbons (Fsp3) is 0.667. The molecule has 0 spiro atoms. The second-order valence-electron chi connectivity index (χ2n) is 9.98. The van der Waals surface area contributed by atoms with Gasteiger partial charge in [-0.15, -0.1) is 0 Å². The van der Waals surface area contributed by atoms with Crippen LogP contribution in [0.4, 0.5) is 0 Å². The Morgan fingerprint density at radius 3 is 2.34 bits per heavy atom. The number of likely N-dealkylation sites (tertiary alicyclic amines) is 1. The third kappa shape index (κ3) is 4.05.